The van der Waals surface area contributed by atoms with E-state index in [-0.39, 0.29) is 53.1 Å². The van der Waals surface area contributed by atoms with Gasteiger partial charge in [0.1, 0.15) is 29.0 Å². The molecule has 0 spiro atoms. The number of amides is 1. The highest BCUT2D eigenvalue weighted by Gasteiger charge is 2.55. The van der Waals surface area contributed by atoms with Crippen LogP contribution in [0.2, 0.25) is 0 Å². The van der Waals surface area contributed by atoms with E-state index >= 15 is 0 Å². The Kier molecular flexibility index (Phi) is 8.90. The predicted molar refractivity (Wildman–Crippen MR) is 169 cm³/mol. The number of hydrogen-bond acceptors (Lipinski definition) is 14. The van der Waals surface area contributed by atoms with Crippen molar-refractivity contribution in [2.75, 3.05) is 47.5 Å². The van der Waals surface area contributed by atoms with Gasteiger partial charge < -0.3 is 54.4 Å². The van der Waals surface area contributed by atoms with Gasteiger partial charge in [-0.1, -0.05) is 12.1 Å². The van der Waals surface area contributed by atoms with Gasteiger partial charge in [0.2, 0.25) is 5.78 Å². The molecule has 0 aromatic heterocycles. The Labute approximate surface area is 282 Å². The molecule has 4 unspecified atom stereocenters. The van der Waals surface area contributed by atoms with Gasteiger partial charge in [0.25, 0.3) is 5.91 Å². The highest BCUT2D eigenvalue weighted by atomic mass is 16.7. The Morgan fingerprint density at radius 2 is 1.86 bits per heavy atom. The molecule has 7 rings (SSSR count). The van der Waals surface area contributed by atoms with Gasteiger partial charge in [-0.05, 0) is 20.0 Å². The lowest BCUT2D eigenvalue weighted by molar-refractivity contribution is -0.256. The summed E-state index contributed by atoms with van der Waals surface area (Å²) >= 11 is 0. The van der Waals surface area contributed by atoms with Crippen LogP contribution in [0.4, 0.5) is 0 Å². The first-order valence-corrected chi connectivity index (χ1v) is 16.4. The Bertz CT molecular complexity index is 1680. The van der Waals surface area contributed by atoms with Crippen molar-refractivity contribution in [3.05, 3.63) is 51.6 Å². The van der Waals surface area contributed by atoms with Crippen molar-refractivity contribution in [2.45, 2.75) is 74.9 Å². The third-order valence-corrected chi connectivity index (χ3v) is 10.3. The Morgan fingerprint density at radius 1 is 1.08 bits per heavy atom. The number of morpholine rings is 1. The molecule has 2 aromatic carbocycles. The average Bonchev–Trinajstić information content (AvgIpc) is 3.47. The van der Waals surface area contributed by atoms with Crippen LogP contribution >= 0.6 is 0 Å². The van der Waals surface area contributed by atoms with Crippen LogP contribution in [0.1, 0.15) is 68.8 Å². The normalized spacial score (nSPS) is 32.1. The number of phenols is 2. The lowest BCUT2D eigenvalue weighted by Crippen LogP contribution is -2.55. The van der Waals surface area contributed by atoms with Crippen LogP contribution in [0.3, 0.4) is 0 Å². The first-order chi connectivity index (χ1) is 23.5. The number of fused-ring (bicyclic) bond motifs is 6. The van der Waals surface area contributed by atoms with Gasteiger partial charge in [0.15, 0.2) is 24.6 Å². The highest BCUT2D eigenvalue weighted by molar-refractivity contribution is 6.31. The smallest absolute Gasteiger partial charge is 0.252 e. The minimum atomic E-state index is -2.12. The van der Waals surface area contributed by atoms with Crippen LogP contribution in [0.15, 0.2) is 18.2 Å². The van der Waals surface area contributed by atoms with Gasteiger partial charge >= 0.3 is 0 Å². The summed E-state index contributed by atoms with van der Waals surface area (Å²) in [6.07, 6.45) is -4.44. The molecule has 2 aromatic rings. The predicted octanol–water partition coefficient (Wildman–Crippen LogP) is 0.486. The molecule has 1 amide bonds. The number of hydrogen-bond donors (Lipinski definition) is 5. The van der Waals surface area contributed by atoms with E-state index in [1.165, 1.54) is 19.2 Å². The zero-order valence-electron chi connectivity index (χ0n) is 27.7. The second-order valence-corrected chi connectivity index (χ2v) is 13.1. The summed E-state index contributed by atoms with van der Waals surface area (Å²) in [7, 11) is 4.63. The van der Waals surface area contributed by atoms with E-state index in [1.54, 1.807) is 20.2 Å². The number of ketones is 2. The molecule has 3 fully saturated rings. The molecule has 8 atom stereocenters. The number of nitrogens with zero attached hydrogens (tertiary/aromatic N) is 1. The monoisotopic (exact) mass is 683 g/mol. The number of aliphatic hydroxyl groups is 1. The maximum Gasteiger partial charge on any atom is 0.252 e. The van der Waals surface area contributed by atoms with E-state index in [9.17, 15) is 29.7 Å². The summed E-state index contributed by atoms with van der Waals surface area (Å²) in [5.41, 5.74) is -3.07. The quantitative estimate of drug-likeness (QED) is 0.163. The third-order valence-electron chi connectivity index (χ3n) is 10.3. The summed E-state index contributed by atoms with van der Waals surface area (Å²) < 4.78 is 35.7. The van der Waals surface area contributed by atoms with Crippen LogP contribution in [0.5, 0.6) is 17.2 Å². The van der Waals surface area contributed by atoms with Gasteiger partial charge in [-0.15, -0.1) is 0 Å². The molecule has 0 radical (unpaired) electrons. The maximum atomic E-state index is 14.0. The summed E-state index contributed by atoms with van der Waals surface area (Å²) in [6, 6.07) is 4.35. The Balaban J connectivity index is 1.29. The number of carbonyl (C=O) groups is 3. The third kappa shape index (κ3) is 5.40. The highest BCUT2D eigenvalue weighted by Crippen LogP contribution is 2.53. The second-order valence-electron chi connectivity index (χ2n) is 13.1. The molecule has 0 bridgehead atoms. The van der Waals surface area contributed by atoms with Gasteiger partial charge in [0.05, 0.1) is 42.6 Å². The fourth-order valence-corrected chi connectivity index (χ4v) is 7.97. The molecule has 15 nitrogen and oxygen atoms in total. The minimum Gasteiger partial charge on any atom is -0.507 e. The zero-order chi connectivity index (χ0) is 34.8. The molecule has 3 heterocycles. The largest absolute Gasteiger partial charge is 0.507 e. The first kappa shape index (κ1) is 33.8. The lowest BCUT2D eigenvalue weighted by Gasteiger charge is -2.43. The first-order valence-electron chi connectivity index (χ1n) is 16.4. The number of carbonyl (C=O) groups excluding carboxylic acids is 3. The SMILES string of the molecule is CNCCNC(=O)[C@@]1(O)Cc2c(O)c3c(c(O)c2[C@@H](O[C@H]2CC4C(O[C@@H]5C(OC)OCCN45)C(C)O2)C1)C(=O)c1c(OC)cccc1C3=O. The van der Waals surface area contributed by atoms with Gasteiger partial charge in [-0.2, -0.15) is 0 Å². The van der Waals surface area contributed by atoms with Crippen molar-refractivity contribution in [2.24, 2.45) is 0 Å². The molecule has 264 valence electrons. The minimum absolute atomic E-state index is 0.00630. The van der Waals surface area contributed by atoms with Crippen molar-refractivity contribution in [3.8, 4) is 17.2 Å². The van der Waals surface area contributed by atoms with Crippen molar-refractivity contribution < 1.29 is 58.1 Å². The maximum absolute atomic E-state index is 14.0. The van der Waals surface area contributed by atoms with E-state index in [1.807, 2.05) is 6.92 Å². The van der Waals surface area contributed by atoms with Crippen LogP contribution in [-0.4, -0.2) is 128 Å². The van der Waals surface area contributed by atoms with E-state index in [0.29, 0.717) is 26.1 Å². The Hall–Kier alpha value is -3.67. The molecule has 0 saturated carbocycles. The average molecular weight is 684 g/mol. The zero-order valence-corrected chi connectivity index (χ0v) is 27.7. The van der Waals surface area contributed by atoms with E-state index < -0.39 is 83.1 Å². The number of aromatic hydroxyl groups is 2. The molecule has 15 heteroatoms. The Morgan fingerprint density at radius 3 is 2.59 bits per heavy atom. The van der Waals surface area contributed by atoms with Crippen LogP contribution < -0.4 is 15.4 Å². The summed E-state index contributed by atoms with van der Waals surface area (Å²) in [5, 5.41) is 41.1. The molecule has 5 aliphatic rings. The number of phenolic OH excluding ortho intramolecular Hbond substituents is 2. The van der Waals surface area contributed by atoms with Crippen molar-refractivity contribution in [1.29, 1.82) is 0 Å². The number of benzene rings is 2. The van der Waals surface area contributed by atoms with E-state index in [2.05, 4.69) is 15.5 Å². The van der Waals surface area contributed by atoms with Crippen molar-refractivity contribution >= 4 is 17.5 Å². The van der Waals surface area contributed by atoms with Crippen molar-refractivity contribution in [3.63, 3.8) is 0 Å². The van der Waals surface area contributed by atoms with Crippen molar-refractivity contribution in [1.82, 2.24) is 15.5 Å². The van der Waals surface area contributed by atoms with Crippen LogP contribution in [0, 0.1) is 0 Å². The number of likely N-dealkylation sites (N-methyl/N-ethyl adjacent to an activating group) is 1. The number of rotatable bonds is 8. The fourth-order valence-electron chi connectivity index (χ4n) is 7.97. The second kappa shape index (κ2) is 12.9. The van der Waals surface area contributed by atoms with Gasteiger partial charge in [-0.3, -0.25) is 19.3 Å². The van der Waals surface area contributed by atoms with Crippen LogP contribution in [0.25, 0.3) is 0 Å². The molecule has 49 heavy (non-hydrogen) atoms. The summed E-state index contributed by atoms with van der Waals surface area (Å²) in [5.74, 6) is -3.22. The standard InChI is InChI=1S/C34H41N3O12/c1-15-30-18(37-10-11-46-32(45-4)31(37)49-30)12-21(47-15)48-20-14-34(43,33(42)36-9-8-35-2)13-17-23(20)29(41)25-24(27(17)39)26(38)16-6-5-7-19(44-3)22(16)28(25)40/h5-7,15,18,20-21,30-32,35,39,41,43H,8-14H2,1-4H3,(H,36,42)/t15?,18?,20-,21-,30?,31+,32?,34+/m0/s1. The topological polar surface area (TPSA) is 195 Å². The molecular formula is C34H41N3O12. The van der Waals surface area contributed by atoms with E-state index in [0.717, 1.165) is 0 Å². The number of nitrogens with one attached hydrogen (secondary N) is 2. The number of ether oxygens (including phenoxy) is 6. The number of methoxy groups -OCH3 is 2. The van der Waals surface area contributed by atoms with Gasteiger partial charge in [-0.25, -0.2) is 0 Å². The van der Waals surface area contributed by atoms with Gasteiger partial charge in [0, 0.05) is 68.7 Å². The molecule has 2 aliphatic carbocycles. The lowest BCUT2D eigenvalue weighted by atomic mass is 9.72. The summed E-state index contributed by atoms with van der Waals surface area (Å²) in [6.45, 7) is 3.52. The van der Waals surface area contributed by atoms with Crippen LogP contribution in [-0.2, 0) is 34.9 Å². The molecule has 3 aliphatic heterocycles. The molecule has 5 N–H and O–H groups in total. The molecule has 3 saturated heterocycles. The summed E-state index contributed by atoms with van der Waals surface area (Å²) in [4.78, 5) is 43.5. The molecular weight excluding hydrogens is 642 g/mol. The van der Waals surface area contributed by atoms with E-state index in [4.69, 9.17) is 28.4 Å². The fraction of sp³-hybridized carbons (Fsp3) is 0.559.